The van der Waals surface area contributed by atoms with Gasteiger partial charge in [0.15, 0.2) is 5.78 Å². The lowest BCUT2D eigenvalue weighted by Crippen LogP contribution is -2.02. The normalized spacial score (nSPS) is 10.7. The Balaban J connectivity index is 1.66. The molecule has 0 fully saturated rings. The smallest absolute Gasteiger partial charge is 0.216 e. The molecule has 0 spiro atoms. The average Bonchev–Trinajstić information content (AvgIpc) is 2.99. The highest BCUT2D eigenvalue weighted by Gasteiger charge is 2.09. The van der Waals surface area contributed by atoms with E-state index in [1.807, 2.05) is 48.5 Å². The molecule has 0 bridgehead atoms. The van der Waals surface area contributed by atoms with E-state index in [4.69, 9.17) is 5.73 Å². The molecule has 0 saturated carbocycles. The van der Waals surface area contributed by atoms with Gasteiger partial charge in [0, 0.05) is 10.0 Å². The molecule has 0 radical (unpaired) electrons. The summed E-state index contributed by atoms with van der Waals surface area (Å²) in [7, 11) is 0. The predicted molar refractivity (Wildman–Crippen MR) is 95.4 cm³/mol. The Bertz CT molecular complexity index is 815. The van der Waals surface area contributed by atoms with Gasteiger partial charge in [0.05, 0.1) is 5.75 Å². The van der Waals surface area contributed by atoms with Gasteiger partial charge in [0.1, 0.15) is 0 Å². The molecule has 3 aromatic rings. The van der Waals surface area contributed by atoms with Crippen molar-refractivity contribution in [2.24, 2.45) is 0 Å². The van der Waals surface area contributed by atoms with Gasteiger partial charge in [-0.3, -0.25) is 4.79 Å². The Hall–Kier alpha value is -2.12. The van der Waals surface area contributed by atoms with E-state index in [9.17, 15) is 4.79 Å². The molecular formula is C16H13BrN4OS. The van der Waals surface area contributed by atoms with E-state index in [1.54, 1.807) is 0 Å². The van der Waals surface area contributed by atoms with Crippen molar-refractivity contribution >= 4 is 39.4 Å². The number of aromatic nitrogens is 3. The van der Waals surface area contributed by atoms with E-state index in [0.717, 1.165) is 15.6 Å². The van der Waals surface area contributed by atoms with Gasteiger partial charge in [-0.05, 0) is 23.3 Å². The molecule has 0 aliphatic heterocycles. The summed E-state index contributed by atoms with van der Waals surface area (Å²) in [6.45, 7) is 0. The summed E-state index contributed by atoms with van der Waals surface area (Å²) in [5, 5.41) is 6.91. The number of anilines is 1. The topological polar surface area (TPSA) is 84.7 Å². The van der Waals surface area contributed by atoms with Gasteiger partial charge in [-0.15, -0.1) is 5.10 Å². The zero-order valence-corrected chi connectivity index (χ0v) is 14.4. The molecular weight excluding hydrogens is 376 g/mol. The number of nitrogens with one attached hydrogen (secondary N) is 1. The fourth-order valence-corrected chi connectivity index (χ4v) is 2.99. The molecule has 1 heterocycles. The van der Waals surface area contributed by atoms with E-state index < -0.39 is 0 Å². The van der Waals surface area contributed by atoms with Crippen LogP contribution in [-0.4, -0.2) is 26.7 Å². The number of H-pyrrole nitrogens is 1. The van der Waals surface area contributed by atoms with Crippen LogP contribution in [0.15, 0.2) is 58.2 Å². The third-order valence-electron chi connectivity index (χ3n) is 3.20. The second-order valence-corrected chi connectivity index (χ2v) is 6.66. The first kappa shape index (κ1) is 15.8. The Morgan fingerprint density at radius 2 is 1.70 bits per heavy atom. The molecule has 0 atom stereocenters. The van der Waals surface area contributed by atoms with Crippen molar-refractivity contribution in [3.8, 4) is 11.1 Å². The number of Topliss-reactive ketones (excluding diaryl/α,β-unsaturated/α-hetero) is 1. The van der Waals surface area contributed by atoms with Crippen molar-refractivity contribution in [3.63, 3.8) is 0 Å². The quantitative estimate of drug-likeness (QED) is 0.512. The summed E-state index contributed by atoms with van der Waals surface area (Å²) in [5.41, 5.74) is 8.30. The number of nitrogen functional groups attached to an aromatic ring is 1. The maximum atomic E-state index is 12.2. The highest BCUT2D eigenvalue weighted by molar-refractivity contribution is 9.10. The summed E-state index contributed by atoms with van der Waals surface area (Å²) in [4.78, 5) is 16.1. The molecule has 3 N–H and O–H groups in total. The Labute approximate surface area is 145 Å². The third-order valence-corrected chi connectivity index (χ3v) is 4.57. The minimum Gasteiger partial charge on any atom is -0.368 e. The molecule has 5 nitrogen and oxygen atoms in total. The van der Waals surface area contributed by atoms with Gasteiger partial charge in [-0.25, -0.2) is 5.10 Å². The van der Waals surface area contributed by atoms with Crippen LogP contribution in [-0.2, 0) is 0 Å². The van der Waals surface area contributed by atoms with Gasteiger partial charge in [0.25, 0.3) is 0 Å². The van der Waals surface area contributed by atoms with Crippen LogP contribution in [0.4, 0.5) is 5.95 Å². The highest BCUT2D eigenvalue weighted by atomic mass is 79.9. The number of hydrogen-bond donors (Lipinski definition) is 2. The van der Waals surface area contributed by atoms with Crippen molar-refractivity contribution in [3.05, 3.63) is 58.6 Å². The first-order valence-corrected chi connectivity index (χ1v) is 8.59. The van der Waals surface area contributed by atoms with Crippen LogP contribution in [0.25, 0.3) is 11.1 Å². The van der Waals surface area contributed by atoms with Crippen molar-refractivity contribution in [1.29, 1.82) is 0 Å². The SMILES string of the molecule is Nc1nc(SCC(=O)c2ccc(-c3ccc(Br)cc3)cc2)n[nH]1. The standard InChI is InChI=1S/C16H13BrN4OS/c17-13-7-5-11(6-8-13)10-1-3-12(4-2-10)14(22)9-23-16-19-15(18)20-21-16/h1-8H,9H2,(H3,18,19,20,21). The highest BCUT2D eigenvalue weighted by Crippen LogP contribution is 2.23. The Morgan fingerprint density at radius 3 is 2.26 bits per heavy atom. The number of thioether (sulfide) groups is 1. The van der Waals surface area contributed by atoms with E-state index in [-0.39, 0.29) is 17.5 Å². The number of aromatic amines is 1. The van der Waals surface area contributed by atoms with Gasteiger partial charge in [-0.2, -0.15) is 4.98 Å². The van der Waals surface area contributed by atoms with E-state index in [1.165, 1.54) is 11.8 Å². The molecule has 7 heteroatoms. The van der Waals surface area contributed by atoms with E-state index >= 15 is 0 Å². The van der Waals surface area contributed by atoms with Gasteiger partial charge < -0.3 is 5.73 Å². The number of carbonyl (C=O) groups excluding carboxylic acids is 1. The van der Waals surface area contributed by atoms with Gasteiger partial charge in [0.2, 0.25) is 11.1 Å². The number of nitrogens with zero attached hydrogens (tertiary/aromatic N) is 2. The Morgan fingerprint density at radius 1 is 1.09 bits per heavy atom. The minimum absolute atomic E-state index is 0.0285. The van der Waals surface area contributed by atoms with Crippen LogP contribution >= 0.6 is 27.7 Å². The molecule has 0 aliphatic rings. The van der Waals surface area contributed by atoms with Crippen LogP contribution in [0.5, 0.6) is 0 Å². The van der Waals surface area contributed by atoms with Crippen LogP contribution in [0.1, 0.15) is 10.4 Å². The van der Waals surface area contributed by atoms with Crippen LogP contribution in [0.2, 0.25) is 0 Å². The fourth-order valence-electron chi connectivity index (χ4n) is 2.03. The number of rotatable bonds is 5. The van der Waals surface area contributed by atoms with Gasteiger partial charge >= 0.3 is 0 Å². The summed E-state index contributed by atoms with van der Waals surface area (Å²) in [5.74, 6) is 0.550. The molecule has 23 heavy (non-hydrogen) atoms. The second-order valence-electron chi connectivity index (χ2n) is 4.80. The third kappa shape index (κ3) is 4.00. The van der Waals surface area contributed by atoms with E-state index in [2.05, 4.69) is 31.1 Å². The second kappa shape index (κ2) is 6.97. The Kier molecular flexibility index (Phi) is 4.78. The lowest BCUT2D eigenvalue weighted by molar-refractivity contribution is 0.102. The number of benzene rings is 2. The minimum atomic E-state index is 0.0285. The van der Waals surface area contributed by atoms with Crippen molar-refractivity contribution in [1.82, 2.24) is 15.2 Å². The number of ketones is 1. The van der Waals surface area contributed by atoms with Gasteiger partial charge in [-0.1, -0.05) is 64.1 Å². The van der Waals surface area contributed by atoms with Crippen molar-refractivity contribution in [2.45, 2.75) is 5.16 Å². The summed E-state index contributed by atoms with van der Waals surface area (Å²) in [6.07, 6.45) is 0. The number of halogens is 1. The number of nitrogens with two attached hydrogens (primary N) is 1. The average molecular weight is 389 g/mol. The van der Waals surface area contributed by atoms with Crippen LogP contribution < -0.4 is 5.73 Å². The maximum absolute atomic E-state index is 12.2. The molecule has 3 rings (SSSR count). The molecule has 0 amide bonds. The summed E-state index contributed by atoms with van der Waals surface area (Å²) >= 11 is 4.68. The van der Waals surface area contributed by atoms with E-state index in [0.29, 0.717) is 10.7 Å². The molecule has 2 aromatic carbocycles. The number of carbonyl (C=O) groups is 1. The largest absolute Gasteiger partial charge is 0.368 e. The molecule has 116 valence electrons. The summed E-state index contributed by atoms with van der Waals surface area (Å²) < 4.78 is 1.04. The zero-order valence-electron chi connectivity index (χ0n) is 12.0. The van der Waals surface area contributed by atoms with Crippen molar-refractivity contribution < 1.29 is 4.79 Å². The molecule has 0 saturated heterocycles. The first-order valence-electron chi connectivity index (χ1n) is 6.82. The molecule has 0 unspecified atom stereocenters. The van der Waals surface area contributed by atoms with Crippen molar-refractivity contribution in [2.75, 3.05) is 11.5 Å². The molecule has 1 aromatic heterocycles. The fraction of sp³-hybridized carbons (Fsp3) is 0.0625. The van der Waals surface area contributed by atoms with Crippen LogP contribution in [0, 0.1) is 0 Å². The lowest BCUT2D eigenvalue weighted by atomic mass is 10.0. The summed E-state index contributed by atoms with van der Waals surface area (Å²) in [6, 6.07) is 15.6. The lowest BCUT2D eigenvalue weighted by Gasteiger charge is -2.04. The van der Waals surface area contributed by atoms with Crippen LogP contribution in [0.3, 0.4) is 0 Å². The first-order chi connectivity index (χ1) is 11.1. The predicted octanol–water partition coefficient (Wildman–Crippen LogP) is 3.79. The maximum Gasteiger partial charge on any atom is 0.216 e. The molecule has 0 aliphatic carbocycles. The monoisotopic (exact) mass is 388 g/mol. The zero-order chi connectivity index (χ0) is 16.2. The number of hydrogen-bond acceptors (Lipinski definition) is 5.